The summed E-state index contributed by atoms with van der Waals surface area (Å²) >= 11 is 5.91. The van der Waals surface area contributed by atoms with Crippen molar-refractivity contribution in [2.24, 2.45) is 0 Å². The van der Waals surface area contributed by atoms with Gasteiger partial charge in [-0.05, 0) is 61.1 Å². The number of amides is 3. The Bertz CT molecular complexity index is 954. The summed E-state index contributed by atoms with van der Waals surface area (Å²) in [5, 5.41) is 3.25. The fraction of sp³-hybridized carbons (Fsp3) is 0.286. The third kappa shape index (κ3) is 3.02. The van der Waals surface area contributed by atoms with Gasteiger partial charge in [-0.15, -0.1) is 0 Å². The molecule has 1 aliphatic carbocycles. The fourth-order valence-electron chi connectivity index (χ4n) is 3.80. The highest BCUT2D eigenvalue weighted by atomic mass is 35.5. The molecule has 138 valence electrons. The molecule has 5 nitrogen and oxygen atoms in total. The van der Waals surface area contributed by atoms with Gasteiger partial charge < -0.3 is 5.32 Å². The molecule has 3 amide bonds. The number of nitrogens with one attached hydrogen (secondary N) is 1. The molecule has 0 aromatic heterocycles. The molecule has 1 aliphatic heterocycles. The van der Waals surface area contributed by atoms with E-state index in [1.807, 2.05) is 12.1 Å². The monoisotopic (exact) mass is 382 g/mol. The van der Waals surface area contributed by atoms with E-state index in [0.29, 0.717) is 16.1 Å². The Kier molecular flexibility index (Phi) is 4.27. The van der Waals surface area contributed by atoms with Gasteiger partial charge in [0.05, 0.1) is 6.54 Å². The second kappa shape index (κ2) is 6.50. The van der Waals surface area contributed by atoms with Crippen LogP contribution in [0.4, 0.5) is 4.79 Å². The Morgan fingerprint density at radius 2 is 1.81 bits per heavy atom. The van der Waals surface area contributed by atoms with Crippen LogP contribution in [-0.2, 0) is 23.2 Å². The zero-order valence-corrected chi connectivity index (χ0v) is 15.7. The average molecular weight is 383 g/mol. The van der Waals surface area contributed by atoms with Gasteiger partial charge in [0.15, 0.2) is 5.78 Å². The molecule has 2 aliphatic rings. The number of Topliss-reactive ketones (excluding diaryl/α,β-unsaturated/α-hetero) is 1. The van der Waals surface area contributed by atoms with Crippen LogP contribution < -0.4 is 5.32 Å². The minimum Gasteiger partial charge on any atom is -0.319 e. The highest BCUT2D eigenvalue weighted by Crippen LogP contribution is 2.30. The largest absolute Gasteiger partial charge is 0.325 e. The zero-order chi connectivity index (χ0) is 19.2. The van der Waals surface area contributed by atoms with Crippen molar-refractivity contribution in [2.75, 3.05) is 6.54 Å². The summed E-state index contributed by atoms with van der Waals surface area (Å²) in [5.74, 6) is -0.683. The number of benzene rings is 2. The Balaban J connectivity index is 1.55. The summed E-state index contributed by atoms with van der Waals surface area (Å²) in [6.45, 7) is 1.36. The van der Waals surface area contributed by atoms with Crippen LogP contribution in [0, 0.1) is 0 Å². The lowest BCUT2D eigenvalue weighted by Crippen LogP contribution is -2.41. The van der Waals surface area contributed by atoms with Crippen LogP contribution in [0.2, 0.25) is 5.02 Å². The van der Waals surface area contributed by atoms with E-state index in [4.69, 9.17) is 11.6 Å². The van der Waals surface area contributed by atoms with Gasteiger partial charge in [-0.25, -0.2) is 4.79 Å². The standard InChI is InChI=1S/C21H19ClN2O3/c1-21(16-7-9-17(22)10-8-16)19(26)24(20(27)23-21)12-18(25)15-6-5-13-3-2-4-14(13)11-15/h5-11H,2-4,12H2,1H3,(H,23,27). The van der Waals surface area contributed by atoms with E-state index in [-0.39, 0.29) is 12.3 Å². The quantitative estimate of drug-likeness (QED) is 0.650. The van der Waals surface area contributed by atoms with Gasteiger partial charge in [-0.2, -0.15) is 0 Å². The topological polar surface area (TPSA) is 66.5 Å². The van der Waals surface area contributed by atoms with Crippen LogP contribution in [0.1, 0.15) is 40.4 Å². The van der Waals surface area contributed by atoms with Crippen molar-refractivity contribution < 1.29 is 14.4 Å². The maximum absolute atomic E-state index is 12.9. The molecule has 0 radical (unpaired) electrons. The van der Waals surface area contributed by atoms with Gasteiger partial charge in [0.1, 0.15) is 5.54 Å². The first-order chi connectivity index (χ1) is 12.9. The first-order valence-electron chi connectivity index (χ1n) is 8.93. The number of carbonyl (C=O) groups is 3. The van der Waals surface area contributed by atoms with Gasteiger partial charge in [0.25, 0.3) is 5.91 Å². The predicted molar refractivity (Wildman–Crippen MR) is 102 cm³/mol. The van der Waals surface area contributed by atoms with Crippen molar-refractivity contribution in [3.63, 3.8) is 0 Å². The molecule has 1 heterocycles. The Hall–Kier alpha value is -2.66. The summed E-state index contributed by atoms with van der Waals surface area (Å²) in [5.41, 5.74) is 2.41. The van der Waals surface area contributed by atoms with Crippen molar-refractivity contribution in [2.45, 2.75) is 31.7 Å². The maximum Gasteiger partial charge on any atom is 0.325 e. The number of ketones is 1. The number of imide groups is 1. The van der Waals surface area contributed by atoms with Gasteiger partial charge in [0, 0.05) is 10.6 Å². The molecule has 1 saturated heterocycles. The van der Waals surface area contributed by atoms with Gasteiger partial charge in [0.2, 0.25) is 0 Å². The van der Waals surface area contributed by atoms with Gasteiger partial charge in [-0.1, -0.05) is 35.9 Å². The van der Waals surface area contributed by atoms with Crippen molar-refractivity contribution in [3.8, 4) is 0 Å². The number of rotatable bonds is 4. The lowest BCUT2D eigenvalue weighted by molar-refractivity contribution is -0.130. The zero-order valence-electron chi connectivity index (χ0n) is 14.9. The summed E-state index contributed by atoms with van der Waals surface area (Å²) in [6, 6.07) is 11.8. The number of fused-ring (bicyclic) bond motifs is 1. The lowest BCUT2D eigenvalue weighted by atomic mass is 9.92. The van der Waals surface area contributed by atoms with E-state index >= 15 is 0 Å². The molecule has 0 bridgehead atoms. The second-order valence-electron chi connectivity index (χ2n) is 7.21. The molecule has 1 fully saturated rings. The number of aryl methyl sites for hydroxylation is 2. The number of hydrogen-bond donors (Lipinski definition) is 1. The molecule has 0 spiro atoms. The van der Waals surface area contributed by atoms with E-state index in [1.165, 1.54) is 11.1 Å². The Morgan fingerprint density at radius 3 is 2.56 bits per heavy atom. The highest BCUT2D eigenvalue weighted by Gasteiger charge is 2.49. The molecule has 2 aromatic carbocycles. The third-order valence-electron chi connectivity index (χ3n) is 5.42. The van der Waals surface area contributed by atoms with Crippen LogP contribution in [0.25, 0.3) is 0 Å². The molecular weight excluding hydrogens is 364 g/mol. The van der Waals surface area contributed by atoms with Crippen molar-refractivity contribution in [3.05, 3.63) is 69.7 Å². The number of carbonyl (C=O) groups excluding carboxylic acids is 3. The lowest BCUT2D eigenvalue weighted by Gasteiger charge is -2.22. The minimum absolute atomic E-state index is 0.242. The van der Waals surface area contributed by atoms with E-state index in [9.17, 15) is 14.4 Å². The first kappa shape index (κ1) is 17.7. The van der Waals surface area contributed by atoms with E-state index in [2.05, 4.69) is 5.32 Å². The third-order valence-corrected chi connectivity index (χ3v) is 5.67. The Labute approximate surface area is 162 Å². The molecule has 4 rings (SSSR count). The summed E-state index contributed by atoms with van der Waals surface area (Å²) in [4.78, 5) is 39.0. The molecule has 1 N–H and O–H groups in total. The first-order valence-corrected chi connectivity index (χ1v) is 9.31. The van der Waals surface area contributed by atoms with Crippen molar-refractivity contribution in [1.29, 1.82) is 0 Å². The van der Waals surface area contributed by atoms with Crippen molar-refractivity contribution in [1.82, 2.24) is 10.2 Å². The van der Waals surface area contributed by atoms with E-state index < -0.39 is 17.5 Å². The number of urea groups is 1. The van der Waals surface area contributed by atoms with Crippen LogP contribution in [0.15, 0.2) is 42.5 Å². The molecule has 1 atom stereocenters. The minimum atomic E-state index is -1.21. The van der Waals surface area contributed by atoms with Crippen LogP contribution in [0.3, 0.4) is 0 Å². The molecule has 0 saturated carbocycles. The van der Waals surface area contributed by atoms with Crippen LogP contribution in [-0.4, -0.2) is 29.2 Å². The summed E-state index contributed by atoms with van der Waals surface area (Å²) in [6.07, 6.45) is 3.10. The highest BCUT2D eigenvalue weighted by molar-refractivity contribution is 6.30. The van der Waals surface area contributed by atoms with Crippen LogP contribution >= 0.6 is 11.6 Å². The SMILES string of the molecule is CC1(c2ccc(Cl)cc2)NC(=O)N(CC(=O)c2ccc3c(c2)CCC3)C1=O. The van der Waals surface area contributed by atoms with Gasteiger partial charge >= 0.3 is 6.03 Å². The Morgan fingerprint density at radius 1 is 1.11 bits per heavy atom. The molecule has 1 unspecified atom stereocenters. The normalized spacial score (nSPS) is 21.3. The van der Waals surface area contributed by atoms with E-state index in [0.717, 1.165) is 24.2 Å². The fourth-order valence-corrected chi connectivity index (χ4v) is 3.93. The summed E-state index contributed by atoms with van der Waals surface area (Å²) in [7, 11) is 0. The van der Waals surface area contributed by atoms with Crippen molar-refractivity contribution >= 4 is 29.3 Å². The number of halogens is 1. The second-order valence-corrected chi connectivity index (χ2v) is 7.65. The molecule has 6 heteroatoms. The number of hydrogen-bond acceptors (Lipinski definition) is 3. The maximum atomic E-state index is 12.9. The number of nitrogens with zero attached hydrogens (tertiary/aromatic N) is 1. The molecule has 2 aromatic rings. The van der Waals surface area contributed by atoms with Gasteiger partial charge in [-0.3, -0.25) is 14.5 Å². The van der Waals surface area contributed by atoms with Crippen LogP contribution in [0.5, 0.6) is 0 Å². The smallest absolute Gasteiger partial charge is 0.319 e. The predicted octanol–water partition coefficient (Wildman–Crippen LogP) is 3.48. The summed E-state index contributed by atoms with van der Waals surface area (Å²) < 4.78 is 0. The molecule has 27 heavy (non-hydrogen) atoms. The van der Waals surface area contributed by atoms with E-state index in [1.54, 1.807) is 37.3 Å². The molecular formula is C21H19ClN2O3. The average Bonchev–Trinajstić information content (AvgIpc) is 3.20.